The minimum Gasteiger partial charge on any atom is -0.351 e. The predicted octanol–water partition coefficient (Wildman–Crippen LogP) is 3.47. The number of carbonyl (C=O) groups is 1. The van der Waals surface area contributed by atoms with Crippen molar-refractivity contribution in [1.29, 1.82) is 0 Å². The van der Waals surface area contributed by atoms with Crippen LogP contribution < -0.4 is 0 Å². The van der Waals surface area contributed by atoms with Gasteiger partial charge in [0, 0.05) is 44.0 Å². The van der Waals surface area contributed by atoms with Crippen LogP contribution in [0.1, 0.15) is 53.4 Å². The van der Waals surface area contributed by atoms with Crippen molar-refractivity contribution in [3.05, 3.63) is 71.6 Å². The Labute approximate surface area is 176 Å². The van der Waals surface area contributed by atoms with E-state index in [1.54, 1.807) is 12.3 Å². The Morgan fingerprint density at radius 2 is 2.07 bits per heavy atom. The smallest absolute Gasteiger partial charge is 0.293 e. The lowest BCUT2D eigenvalue weighted by Crippen LogP contribution is -2.35. The van der Waals surface area contributed by atoms with Crippen LogP contribution in [0.3, 0.4) is 0 Å². The molecule has 3 aromatic rings. The van der Waals surface area contributed by atoms with Gasteiger partial charge in [-0.2, -0.15) is 0 Å². The lowest BCUT2D eigenvalue weighted by molar-refractivity contribution is 0.0657. The standard InChI is InChI=1S/C23H27N5O2/c1-15(2)19-10-20(30-26-19)23(29)28-12-17-11-27(14-21-24-8-9-25-21)13-18(17)22(28)16-6-4-3-5-7-16/h3-10,15,17-18,22H,11-14H2,1-2H3,(H,24,25)/t17-,18-,22+/m0/s1. The minimum atomic E-state index is -0.0600. The van der Waals surface area contributed by atoms with Crippen LogP contribution in [0, 0.1) is 11.8 Å². The van der Waals surface area contributed by atoms with Gasteiger partial charge in [0.05, 0.1) is 18.3 Å². The molecule has 0 bridgehead atoms. The van der Waals surface area contributed by atoms with Gasteiger partial charge in [-0.05, 0) is 17.4 Å². The molecule has 1 amide bonds. The summed E-state index contributed by atoms with van der Waals surface area (Å²) in [6.07, 6.45) is 3.66. The molecule has 156 valence electrons. The molecule has 0 spiro atoms. The van der Waals surface area contributed by atoms with Gasteiger partial charge in [-0.25, -0.2) is 4.98 Å². The number of likely N-dealkylation sites (tertiary alicyclic amines) is 2. The number of carbonyl (C=O) groups excluding carboxylic acids is 1. The molecular formula is C23H27N5O2. The second-order valence-electron chi connectivity index (χ2n) is 8.74. The summed E-state index contributed by atoms with van der Waals surface area (Å²) in [6.45, 7) is 7.55. The van der Waals surface area contributed by atoms with E-state index in [1.165, 1.54) is 5.56 Å². The van der Waals surface area contributed by atoms with Crippen LogP contribution in [0.2, 0.25) is 0 Å². The van der Waals surface area contributed by atoms with Crippen molar-refractivity contribution in [3.63, 3.8) is 0 Å². The van der Waals surface area contributed by atoms with Crippen LogP contribution >= 0.6 is 0 Å². The molecular weight excluding hydrogens is 378 g/mol. The molecule has 2 fully saturated rings. The molecule has 3 atom stereocenters. The van der Waals surface area contributed by atoms with Crippen molar-refractivity contribution in [3.8, 4) is 0 Å². The summed E-state index contributed by atoms with van der Waals surface area (Å²) < 4.78 is 5.43. The fourth-order valence-electron chi connectivity index (χ4n) is 4.95. The number of hydrogen-bond donors (Lipinski definition) is 1. The molecule has 4 heterocycles. The average molecular weight is 406 g/mol. The number of aromatic nitrogens is 3. The molecule has 2 aliphatic rings. The number of hydrogen-bond acceptors (Lipinski definition) is 5. The van der Waals surface area contributed by atoms with E-state index in [4.69, 9.17) is 4.52 Å². The van der Waals surface area contributed by atoms with E-state index in [9.17, 15) is 4.79 Å². The van der Waals surface area contributed by atoms with Gasteiger partial charge in [-0.3, -0.25) is 9.69 Å². The van der Waals surface area contributed by atoms with E-state index in [1.807, 2.05) is 43.1 Å². The van der Waals surface area contributed by atoms with Crippen LogP contribution in [-0.2, 0) is 6.54 Å². The van der Waals surface area contributed by atoms with E-state index < -0.39 is 0 Å². The van der Waals surface area contributed by atoms with Crippen LogP contribution in [0.15, 0.2) is 53.3 Å². The van der Waals surface area contributed by atoms with Gasteiger partial charge in [0.2, 0.25) is 5.76 Å². The summed E-state index contributed by atoms with van der Waals surface area (Å²) in [5, 5.41) is 4.09. The molecule has 2 aliphatic heterocycles. The average Bonchev–Trinajstić information content (AvgIpc) is 3.52. The van der Waals surface area contributed by atoms with Crippen molar-refractivity contribution in [2.24, 2.45) is 11.8 Å². The zero-order chi connectivity index (χ0) is 20.7. The molecule has 5 rings (SSSR count). The van der Waals surface area contributed by atoms with Gasteiger partial charge >= 0.3 is 0 Å². The summed E-state index contributed by atoms with van der Waals surface area (Å²) in [4.78, 5) is 25.4. The molecule has 7 heteroatoms. The van der Waals surface area contributed by atoms with E-state index in [-0.39, 0.29) is 17.9 Å². The third-order valence-electron chi connectivity index (χ3n) is 6.40. The zero-order valence-electron chi connectivity index (χ0n) is 17.4. The van der Waals surface area contributed by atoms with Crippen LogP contribution in [0.25, 0.3) is 0 Å². The van der Waals surface area contributed by atoms with Crippen molar-refractivity contribution in [2.75, 3.05) is 19.6 Å². The third-order valence-corrected chi connectivity index (χ3v) is 6.40. The second-order valence-corrected chi connectivity index (χ2v) is 8.74. The first kappa shape index (κ1) is 19.1. The molecule has 0 aliphatic carbocycles. The van der Waals surface area contributed by atoms with E-state index >= 15 is 0 Å². The maximum Gasteiger partial charge on any atom is 0.293 e. The Morgan fingerprint density at radius 1 is 1.23 bits per heavy atom. The van der Waals surface area contributed by atoms with Crippen molar-refractivity contribution < 1.29 is 9.32 Å². The highest BCUT2D eigenvalue weighted by molar-refractivity contribution is 5.92. The summed E-state index contributed by atoms with van der Waals surface area (Å²) >= 11 is 0. The first-order chi connectivity index (χ1) is 14.6. The highest BCUT2D eigenvalue weighted by Crippen LogP contribution is 2.45. The molecule has 1 aromatic carbocycles. The molecule has 7 nitrogen and oxygen atoms in total. The number of H-pyrrole nitrogens is 1. The van der Waals surface area contributed by atoms with E-state index in [2.05, 4.69) is 32.2 Å². The molecule has 2 aromatic heterocycles. The number of benzene rings is 1. The Balaban J connectivity index is 1.40. The highest BCUT2D eigenvalue weighted by Gasteiger charge is 2.49. The van der Waals surface area contributed by atoms with E-state index in [0.717, 1.165) is 37.7 Å². The lowest BCUT2D eigenvalue weighted by atomic mass is 9.89. The van der Waals surface area contributed by atoms with Gasteiger partial charge in [0.15, 0.2) is 0 Å². The number of nitrogens with one attached hydrogen (secondary N) is 1. The maximum absolute atomic E-state index is 13.4. The predicted molar refractivity (Wildman–Crippen MR) is 112 cm³/mol. The van der Waals surface area contributed by atoms with E-state index in [0.29, 0.717) is 17.6 Å². The normalized spacial score (nSPS) is 24.0. The number of rotatable bonds is 5. The number of nitrogens with zero attached hydrogens (tertiary/aromatic N) is 4. The van der Waals surface area contributed by atoms with Gasteiger partial charge in [-0.1, -0.05) is 49.3 Å². The van der Waals surface area contributed by atoms with Gasteiger partial charge in [0.25, 0.3) is 5.91 Å². The van der Waals surface area contributed by atoms with Gasteiger partial charge in [0.1, 0.15) is 5.82 Å². The van der Waals surface area contributed by atoms with Gasteiger partial charge < -0.3 is 14.4 Å². The van der Waals surface area contributed by atoms with Crippen molar-refractivity contribution in [1.82, 2.24) is 24.9 Å². The fourth-order valence-corrected chi connectivity index (χ4v) is 4.95. The molecule has 2 saturated heterocycles. The van der Waals surface area contributed by atoms with Crippen molar-refractivity contribution >= 4 is 5.91 Å². The quantitative estimate of drug-likeness (QED) is 0.703. The number of amides is 1. The van der Waals surface area contributed by atoms with Gasteiger partial charge in [-0.15, -0.1) is 0 Å². The minimum absolute atomic E-state index is 0.0397. The maximum atomic E-state index is 13.4. The molecule has 1 N–H and O–H groups in total. The molecule has 0 radical (unpaired) electrons. The van der Waals surface area contributed by atoms with Crippen LogP contribution in [-0.4, -0.2) is 50.5 Å². The monoisotopic (exact) mass is 405 g/mol. The van der Waals surface area contributed by atoms with Crippen molar-refractivity contribution in [2.45, 2.75) is 32.4 Å². The summed E-state index contributed by atoms with van der Waals surface area (Å²) in [7, 11) is 0. The lowest BCUT2D eigenvalue weighted by Gasteiger charge is -2.29. The second kappa shape index (κ2) is 7.72. The first-order valence-corrected chi connectivity index (χ1v) is 10.6. The number of aromatic amines is 1. The number of fused-ring (bicyclic) bond motifs is 1. The summed E-state index contributed by atoms with van der Waals surface area (Å²) in [5.74, 6) is 2.32. The highest BCUT2D eigenvalue weighted by atomic mass is 16.5. The molecule has 0 saturated carbocycles. The number of imidazole rings is 1. The Bertz CT molecular complexity index is 998. The zero-order valence-corrected chi connectivity index (χ0v) is 17.4. The third kappa shape index (κ3) is 3.43. The molecule has 0 unspecified atom stereocenters. The van der Waals surface area contributed by atoms with Crippen LogP contribution in [0.4, 0.5) is 0 Å². The first-order valence-electron chi connectivity index (χ1n) is 10.6. The topological polar surface area (TPSA) is 78.3 Å². The SMILES string of the molecule is CC(C)c1cc(C(=O)N2C[C@@H]3CN(Cc4ncc[nH]4)C[C@@H]3[C@H]2c2ccccc2)on1. The fraction of sp³-hybridized carbons (Fsp3) is 0.435. The Morgan fingerprint density at radius 3 is 2.77 bits per heavy atom. The van der Waals surface area contributed by atoms with Crippen LogP contribution in [0.5, 0.6) is 0 Å². The Kier molecular flexibility index (Phi) is 4.90. The summed E-state index contributed by atoms with van der Waals surface area (Å²) in [6, 6.07) is 12.2. The molecule has 30 heavy (non-hydrogen) atoms. The summed E-state index contributed by atoms with van der Waals surface area (Å²) in [5.41, 5.74) is 2.00. The Hall–Kier alpha value is -2.93. The largest absolute Gasteiger partial charge is 0.351 e.